The average molecular weight is 469 g/mol. The summed E-state index contributed by atoms with van der Waals surface area (Å²) in [6.45, 7) is 0.345. The number of hydrogen-bond acceptors (Lipinski definition) is 6. The predicted molar refractivity (Wildman–Crippen MR) is 126 cm³/mol. The summed E-state index contributed by atoms with van der Waals surface area (Å²) in [6, 6.07) is 17.4. The van der Waals surface area contributed by atoms with Gasteiger partial charge in [-0.3, -0.25) is 13.8 Å². The summed E-state index contributed by atoms with van der Waals surface area (Å²) in [7, 11) is 1.63. The molecule has 0 radical (unpaired) electrons. The SMILES string of the molecule is COc1ccccc1Cn1c(=O)c2sccc2n2c(SCc3cccc(Cl)c3)nnc12. The van der Waals surface area contributed by atoms with Crippen LogP contribution in [-0.4, -0.2) is 26.3 Å². The molecule has 156 valence electrons. The molecule has 3 heterocycles. The molecule has 3 aromatic heterocycles. The van der Waals surface area contributed by atoms with Crippen LogP contribution in [0.5, 0.6) is 5.75 Å². The Morgan fingerprint density at radius 2 is 2.00 bits per heavy atom. The van der Waals surface area contributed by atoms with Gasteiger partial charge in [0.15, 0.2) is 5.16 Å². The van der Waals surface area contributed by atoms with E-state index < -0.39 is 0 Å². The highest BCUT2D eigenvalue weighted by Crippen LogP contribution is 2.28. The van der Waals surface area contributed by atoms with Crippen molar-refractivity contribution in [2.75, 3.05) is 7.11 Å². The molecule has 5 aromatic rings. The predicted octanol–water partition coefficient (Wildman–Crippen LogP) is 5.11. The van der Waals surface area contributed by atoms with Crippen LogP contribution in [0.2, 0.25) is 5.02 Å². The molecular formula is C22H17ClN4O2S2. The van der Waals surface area contributed by atoms with E-state index in [0.717, 1.165) is 27.5 Å². The molecule has 0 atom stereocenters. The number of thiophene rings is 1. The van der Waals surface area contributed by atoms with Crippen molar-refractivity contribution in [1.82, 2.24) is 19.2 Å². The van der Waals surface area contributed by atoms with Crippen molar-refractivity contribution in [3.05, 3.63) is 86.5 Å². The van der Waals surface area contributed by atoms with Gasteiger partial charge in [-0.25, -0.2) is 0 Å². The molecule has 0 aliphatic heterocycles. The molecular weight excluding hydrogens is 452 g/mol. The molecule has 0 aliphatic carbocycles. The summed E-state index contributed by atoms with van der Waals surface area (Å²) in [5.74, 6) is 1.93. The van der Waals surface area contributed by atoms with Gasteiger partial charge in [-0.05, 0) is 35.2 Å². The smallest absolute Gasteiger partial charge is 0.273 e. The molecule has 5 rings (SSSR count). The van der Waals surface area contributed by atoms with E-state index in [-0.39, 0.29) is 5.56 Å². The number of fused-ring (bicyclic) bond motifs is 3. The summed E-state index contributed by atoms with van der Waals surface area (Å²) >= 11 is 9.10. The van der Waals surface area contributed by atoms with Crippen molar-refractivity contribution in [2.24, 2.45) is 0 Å². The lowest BCUT2D eigenvalue weighted by molar-refractivity contribution is 0.408. The molecule has 31 heavy (non-hydrogen) atoms. The van der Waals surface area contributed by atoms with Crippen LogP contribution in [0.15, 0.2) is 69.9 Å². The minimum atomic E-state index is -0.0813. The number of benzene rings is 2. The summed E-state index contributed by atoms with van der Waals surface area (Å²) in [5.41, 5.74) is 2.74. The van der Waals surface area contributed by atoms with E-state index in [9.17, 15) is 4.79 Å². The number of rotatable bonds is 6. The maximum Gasteiger partial charge on any atom is 0.273 e. The maximum atomic E-state index is 13.3. The van der Waals surface area contributed by atoms with E-state index in [4.69, 9.17) is 16.3 Å². The van der Waals surface area contributed by atoms with Gasteiger partial charge in [-0.1, -0.05) is 53.7 Å². The molecule has 2 aromatic carbocycles. The molecule has 0 amide bonds. The number of aromatic nitrogens is 4. The third kappa shape index (κ3) is 3.71. The number of nitrogens with zero attached hydrogens (tertiary/aromatic N) is 4. The minimum Gasteiger partial charge on any atom is -0.496 e. The number of hydrogen-bond donors (Lipinski definition) is 0. The lowest BCUT2D eigenvalue weighted by Gasteiger charge is -2.12. The average Bonchev–Trinajstić information content (AvgIpc) is 3.42. The summed E-state index contributed by atoms with van der Waals surface area (Å²) in [6.07, 6.45) is 0. The molecule has 0 saturated carbocycles. The Bertz CT molecular complexity index is 1460. The highest BCUT2D eigenvalue weighted by Gasteiger charge is 2.19. The highest BCUT2D eigenvalue weighted by molar-refractivity contribution is 7.98. The Morgan fingerprint density at radius 3 is 2.84 bits per heavy atom. The third-order valence-corrected chi connectivity index (χ3v) is 7.09. The van der Waals surface area contributed by atoms with E-state index in [1.165, 1.54) is 11.3 Å². The van der Waals surface area contributed by atoms with Gasteiger partial charge in [0, 0.05) is 16.3 Å². The van der Waals surface area contributed by atoms with Crippen molar-refractivity contribution < 1.29 is 4.74 Å². The second-order valence-corrected chi connectivity index (χ2v) is 9.17. The van der Waals surface area contributed by atoms with Crippen LogP contribution in [0.3, 0.4) is 0 Å². The van der Waals surface area contributed by atoms with Crippen LogP contribution in [0.4, 0.5) is 0 Å². The number of methoxy groups -OCH3 is 1. The van der Waals surface area contributed by atoms with Gasteiger partial charge < -0.3 is 4.74 Å². The number of ether oxygens (including phenoxy) is 1. The van der Waals surface area contributed by atoms with E-state index in [2.05, 4.69) is 10.2 Å². The van der Waals surface area contributed by atoms with E-state index in [1.807, 2.05) is 64.4 Å². The fraction of sp³-hybridized carbons (Fsp3) is 0.136. The molecule has 6 nitrogen and oxygen atoms in total. The van der Waals surface area contributed by atoms with E-state index >= 15 is 0 Å². The number of halogens is 1. The second kappa shape index (κ2) is 8.37. The molecule has 0 aliphatic rings. The van der Waals surface area contributed by atoms with Crippen molar-refractivity contribution in [1.29, 1.82) is 0 Å². The molecule has 0 N–H and O–H groups in total. The molecule has 9 heteroatoms. The molecule has 0 unspecified atom stereocenters. The first-order valence-electron chi connectivity index (χ1n) is 9.50. The van der Waals surface area contributed by atoms with Gasteiger partial charge in [0.05, 0.1) is 19.2 Å². The van der Waals surface area contributed by atoms with Crippen LogP contribution in [0, 0.1) is 0 Å². The van der Waals surface area contributed by atoms with Gasteiger partial charge >= 0.3 is 0 Å². The van der Waals surface area contributed by atoms with Crippen LogP contribution in [0.25, 0.3) is 16.0 Å². The second-order valence-electron chi connectivity index (χ2n) is 6.87. The lowest BCUT2D eigenvalue weighted by Crippen LogP contribution is -2.23. The molecule has 0 saturated heterocycles. The summed E-state index contributed by atoms with van der Waals surface area (Å²) in [5, 5.41) is 12.1. The zero-order chi connectivity index (χ0) is 21.4. The normalized spacial score (nSPS) is 11.4. The van der Waals surface area contributed by atoms with E-state index in [1.54, 1.807) is 23.4 Å². The first-order chi connectivity index (χ1) is 15.2. The van der Waals surface area contributed by atoms with Crippen LogP contribution in [-0.2, 0) is 12.3 Å². The minimum absolute atomic E-state index is 0.0813. The number of para-hydroxylation sites is 1. The Morgan fingerprint density at radius 1 is 1.13 bits per heavy atom. The van der Waals surface area contributed by atoms with E-state index in [0.29, 0.717) is 27.8 Å². The lowest BCUT2D eigenvalue weighted by atomic mass is 10.2. The largest absolute Gasteiger partial charge is 0.496 e. The van der Waals surface area contributed by atoms with Crippen LogP contribution < -0.4 is 10.3 Å². The van der Waals surface area contributed by atoms with Crippen LogP contribution in [0.1, 0.15) is 11.1 Å². The van der Waals surface area contributed by atoms with Crippen LogP contribution >= 0.6 is 34.7 Å². The first kappa shape index (κ1) is 20.1. The maximum absolute atomic E-state index is 13.3. The van der Waals surface area contributed by atoms with Gasteiger partial charge in [0.25, 0.3) is 5.56 Å². The first-order valence-corrected chi connectivity index (χ1v) is 11.7. The van der Waals surface area contributed by atoms with Crippen molar-refractivity contribution in [3.63, 3.8) is 0 Å². The Balaban J connectivity index is 1.61. The third-order valence-electron chi connectivity index (χ3n) is 4.96. The van der Waals surface area contributed by atoms with Gasteiger partial charge in [0.1, 0.15) is 10.4 Å². The Hall–Kier alpha value is -2.81. The Labute approximate surface area is 191 Å². The van der Waals surface area contributed by atoms with Crippen molar-refractivity contribution >= 4 is 50.7 Å². The summed E-state index contributed by atoms with van der Waals surface area (Å²) in [4.78, 5) is 13.3. The van der Waals surface area contributed by atoms with Gasteiger partial charge in [0.2, 0.25) is 5.78 Å². The van der Waals surface area contributed by atoms with Gasteiger partial charge in [-0.2, -0.15) is 0 Å². The standard InChI is InChI=1S/C22H17ClN4O2S2/c1-29-18-8-3-2-6-15(18)12-26-20(28)19-17(9-10-30-19)27-21(26)24-25-22(27)31-13-14-5-4-7-16(23)11-14/h2-11H,12-13H2,1H3. The van der Waals surface area contributed by atoms with Gasteiger partial charge in [-0.15, -0.1) is 21.5 Å². The summed E-state index contributed by atoms with van der Waals surface area (Å²) < 4.78 is 9.76. The molecule has 0 bridgehead atoms. The zero-order valence-electron chi connectivity index (χ0n) is 16.5. The Kier molecular flexibility index (Phi) is 5.43. The fourth-order valence-corrected chi connectivity index (χ4v) is 5.43. The monoisotopic (exact) mass is 468 g/mol. The fourth-order valence-electron chi connectivity index (χ4n) is 3.51. The topological polar surface area (TPSA) is 61.4 Å². The zero-order valence-corrected chi connectivity index (χ0v) is 18.9. The quantitative estimate of drug-likeness (QED) is 0.324. The molecule has 0 fully saturated rings. The molecule has 0 spiro atoms. The number of thioether (sulfide) groups is 1. The van der Waals surface area contributed by atoms with Crippen molar-refractivity contribution in [3.8, 4) is 5.75 Å². The van der Waals surface area contributed by atoms with Crippen molar-refractivity contribution in [2.45, 2.75) is 17.5 Å². The highest BCUT2D eigenvalue weighted by atomic mass is 35.5.